The van der Waals surface area contributed by atoms with Crippen LogP contribution in [0.3, 0.4) is 0 Å². The fourth-order valence-electron chi connectivity index (χ4n) is 3.67. The molecule has 0 bridgehead atoms. The molecular weight excluding hydrogens is 522 g/mol. The number of hydrogen-bond donors (Lipinski definition) is 1. The zero-order valence-corrected chi connectivity index (χ0v) is 21.7. The second-order valence-electron chi connectivity index (χ2n) is 8.27. The van der Waals surface area contributed by atoms with Gasteiger partial charge in [-0.15, -0.1) is 0 Å². The van der Waals surface area contributed by atoms with Crippen molar-refractivity contribution in [1.82, 2.24) is 14.5 Å². The molecule has 0 spiro atoms. The van der Waals surface area contributed by atoms with Crippen molar-refractivity contribution in [3.8, 4) is 0 Å². The van der Waals surface area contributed by atoms with E-state index < -0.39 is 27.9 Å². The Morgan fingerprint density at radius 1 is 1.12 bits per heavy atom. The molecule has 1 heterocycles. The largest absolute Gasteiger partial charge is 0.352 e. The molecule has 1 aliphatic heterocycles. The zero-order valence-electron chi connectivity index (χ0n) is 19.3. The van der Waals surface area contributed by atoms with E-state index in [0.29, 0.717) is 0 Å². The van der Waals surface area contributed by atoms with Gasteiger partial charge in [-0.2, -0.15) is 0 Å². The van der Waals surface area contributed by atoms with Crippen molar-refractivity contribution < 1.29 is 22.8 Å². The minimum atomic E-state index is -4.01. The first-order valence-corrected chi connectivity index (χ1v) is 13.3. The lowest BCUT2D eigenvalue weighted by Crippen LogP contribution is -2.50. The zero-order chi connectivity index (χ0) is 25.0. The molecule has 3 rings (SSSR count). The SMILES string of the molecule is CC[C@@H](C)NC(=O)[C@@H](C)N(Cc1cccc(Br)c1)C(=O)CCN1C(=O)c2ccccc2S1(=O)=O. The van der Waals surface area contributed by atoms with Crippen LogP contribution in [-0.2, 0) is 26.2 Å². The maximum atomic E-state index is 13.3. The second kappa shape index (κ2) is 10.7. The highest BCUT2D eigenvalue weighted by Crippen LogP contribution is 2.30. The van der Waals surface area contributed by atoms with Crippen LogP contribution in [0.5, 0.6) is 0 Å². The van der Waals surface area contributed by atoms with Crippen LogP contribution in [0.2, 0.25) is 0 Å². The Morgan fingerprint density at radius 3 is 2.47 bits per heavy atom. The maximum Gasteiger partial charge on any atom is 0.269 e. The van der Waals surface area contributed by atoms with Crippen LogP contribution >= 0.6 is 15.9 Å². The van der Waals surface area contributed by atoms with E-state index in [4.69, 9.17) is 0 Å². The number of benzene rings is 2. The highest BCUT2D eigenvalue weighted by atomic mass is 79.9. The number of halogens is 1. The maximum absolute atomic E-state index is 13.3. The molecule has 0 unspecified atom stereocenters. The fraction of sp³-hybridized carbons (Fsp3) is 0.375. The molecule has 0 aliphatic carbocycles. The third kappa shape index (κ3) is 5.50. The number of hydrogen-bond acceptors (Lipinski definition) is 5. The summed E-state index contributed by atoms with van der Waals surface area (Å²) in [7, 11) is -4.01. The lowest BCUT2D eigenvalue weighted by molar-refractivity contribution is -0.140. The average Bonchev–Trinajstić information content (AvgIpc) is 3.00. The molecule has 10 heteroatoms. The van der Waals surface area contributed by atoms with E-state index in [2.05, 4.69) is 21.2 Å². The van der Waals surface area contributed by atoms with Gasteiger partial charge in [0.1, 0.15) is 10.9 Å². The summed E-state index contributed by atoms with van der Waals surface area (Å²) in [5.74, 6) is -1.37. The van der Waals surface area contributed by atoms with Gasteiger partial charge in [-0.1, -0.05) is 47.1 Å². The van der Waals surface area contributed by atoms with E-state index in [-0.39, 0.29) is 41.9 Å². The van der Waals surface area contributed by atoms with Crippen molar-refractivity contribution >= 4 is 43.7 Å². The monoisotopic (exact) mass is 549 g/mol. The van der Waals surface area contributed by atoms with Crippen LogP contribution in [0, 0.1) is 0 Å². The number of fused-ring (bicyclic) bond motifs is 1. The molecule has 8 nitrogen and oxygen atoms in total. The van der Waals surface area contributed by atoms with E-state index in [9.17, 15) is 22.8 Å². The van der Waals surface area contributed by atoms with Crippen LogP contribution < -0.4 is 5.32 Å². The number of carbonyl (C=O) groups excluding carboxylic acids is 3. The Hall–Kier alpha value is -2.72. The van der Waals surface area contributed by atoms with Gasteiger partial charge in [0, 0.05) is 30.0 Å². The molecule has 2 aromatic carbocycles. The van der Waals surface area contributed by atoms with Crippen LogP contribution in [0.4, 0.5) is 0 Å². The molecule has 182 valence electrons. The van der Waals surface area contributed by atoms with Gasteiger partial charge in [-0.05, 0) is 50.1 Å². The predicted octanol–water partition coefficient (Wildman–Crippen LogP) is 3.32. The molecule has 0 saturated heterocycles. The Morgan fingerprint density at radius 2 is 1.82 bits per heavy atom. The Labute approximate surface area is 208 Å². The highest BCUT2D eigenvalue weighted by molar-refractivity contribution is 9.10. The van der Waals surface area contributed by atoms with E-state index in [1.54, 1.807) is 19.1 Å². The summed E-state index contributed by atoms with van der Waals surface area (Å²) >= 11 is 3.41. The Bertz CT molecular complexity index is 1200. The van der Waals surface area contributed by atoms with Crippen molar-refractivity contribution in [3.05, 3.63) is 64.1 Å². The molecule has 0 radical (unpaired) electrons. The number of rotatable bonds is 9. The number of nitrogens with one attached hydrogen (secondary N) is 1. The lowest BCUT2D eigenvalue weighted by Gasteiger charge is -2.30. The molecule has 1 aliphatic rings. The summed E-state index contributed by atoms with van der Waals surface area (Å²) in [6, 6.07) is 12.5. The first-order chi connectivity index (χ1) is 16.1. The third-order valence-electron chi connectivity index (χ3n) is 5.85. The molecule has 0 saturated carbocycles. The van der Waals surface area contributed by atoms with Crippen molar-refractivity contribution in [2.75, 3.05) is 6.54 Å². The summed E-state index contributed by atoms with van der Waals surface area (Å²) in [5.41, 5.74) is 0.908. The van der Waals surface area contributed by atoms with Crippen LogP contribution in [-0.4, -0.2) is 54.0 Å². The molecule has 2 atom stereocenters. The molecule has 1 N–H and O–H groups in total. The van der Waals surface area contributed by atoms with Gasteiger partial charge in [0.05, 0.1) is 5.56 Å². The Kier molecular flexibility index (Phi) is 8.14. The molecule has 0 fully saturated rings. The number of carbonyl (C=O) groups is 3. The van der Waals surface area contributed by atoms with E-state index in [1.807, 2.05) is 38.1 Å². The molecular formula is C24H28BrN3O5S. The molecule has 34 heavy (non-hydrogen) atoms. The molecule has 2 aromatic rings. The second-order valence-corrected chi connectivity index (χ2v) is 11.0. The third-order valence-corrected chi connectivity index (χ3v) is 8.18. The van der Waals surface area contributed by atoms with Crippen LogP contribution in [0.15, 0.2) is 57.9 Å². The minimum absolute atomic E-state index is 0.0522. The summed E-state index contributed by atoms with van der Waals surface area (Å²) < 4.78 is 27.2. The van der Waals surface area contributed by atoms with Crippen LogP contribution in [0.25, 0.3) is 0 Å². The first-order valence-electron chi connectivity index (χ1n) is 11.1. The highest BCUT2D eigenvalue weighted by Gasteiger charge is 2.41. The summed E-state index contributed by atoms with van der Waals surface area (Å²) in [6.07, 6.45) is 0.501. The standard InChI is InChI=1S/C24H28BrN3O5S/c1-4-16(2)26-23(30)17(3)27(15-18-8-7-9-19(25)14-18)22(29)12-13-28-24(31)20-10-5-6-11-21(20)34(28,32)33/h5-11,14,16-17H,4,12-13,15H2,1-3H3,(H,26,30)/t16-,17-/m1/s1. The van der Waals surface area contributed by atoms with Gasteiger partial charge >= 0.3 is 0 Å². The average molecular weight is 550 g/mol. The van der Waals surface area contributed by atoms with Crippen molar-refractivity contribution in [2.45, 2.75) is 57.1 Å². The van der Waals surface area contributed by atoms with Gasteiger partial charge in [-0.25, -0.2) is 12.7 Å². The van der Waals surface area contributed by atoms with Crippen molar-refractivity contribution in [2.24, 2.45) is 0 Å². The first kappa shape index (κ1) is 25.9. The summed E-state index contributed by atoms with van der Waals surface area (Å²) in [5, 5.41) is 2.89. The quantitative estimate of drug-likeness (QED) is 0.516. The molecule has 3 amide bonds. The predicted molar refractivity (Wildman–Crippen MR) is 131 cm³/mol. The van der Waals surface area contributed by atoms with Gasteiger partial charge in [-0.3, -0.25) is 14.4 Å². The molecule has 0 aromatic heterocycles. The summed E-state index contributed by atoms with van der Waals surface area (Å²) in [4.78, 5) is 40.1. The Balaban J connectivity index is 1.79. The van der Waals surface area contributed by atoms with Crippen molar-refractivity contribution in [3.63, 3.8) is 0 Å². The van der Waals surface area contributed by atoms with Crippen molar-refractivity contribution in [1.29, 1.82) is 0 Å². The topological polar surface area (TPSA) is 104 Å². The lowest BCUT2D eigenvalue weighted by atomic mass is 10.1. The van der Waals surface area contributed by atoms with Crippen LogP contribution in [0.1, 0.15) is 49.5 Å². The smallest absolute Gasteiger partial charge is 0.269 e. The van der Waals surface area contributed by atoms with E-state index in [1.165, 1.54) is 17.0 Å². The number of nitrogens with zero attached hydrogens (tertiary/aromatic N) is 2. The number of amides is 3. The van der Waals surface area contributed by atoms with Gasteiger partial charge < -0.3 is 10.2 Å². The van der Waals surface area contributed by atoms with E-state index in [0.717, 1.165) is 20.8 Å². The van der Waals surface area contributed by atoms with Gasteiger partial charge in [0.15, 0.2) is 0 Å². The van der Waals surface area contributed by atoms with E-state index >= 15 is 0 Å². The normalized spacial score (nSPS) is 16.0. The van der Waals surface area contributed by atoms with Gasteiger partial charge in [0.2, 0.25) is 11.8 Å². The minimum Gasteiger partial charge on any atom is -0.352 e. The summed E-state index contributed by atoms with van der Waals surface area (Å²) in [6.45, 7) is 5.33. The fourth-order valence-corrected chi connectivity index (χ4v) is 5.69. The number of sulfonamides is 1. The van der Waals surface area contributed by atoms with Gasteiger partial charge in [0.25, 0.3) is 15.9 Å².